The molecule has 1 amide bonds. The van der Waals surface area contributed by atoms with E-state index in [1.807, 2.05) is 6.07 Å². The van der Waals surface area contributed by atoms with E-state index in [-0.39, 0.29) is 13.2 Å². The first-order chi connectivity index (χ1) is 14.9. The standard InChI is InChI=1S/C22H22N2O6S/c1-4-29-21(27)15-10-11-17-18(12-15)31-22(24(17)13-19(25)28-3)23-20(26)14(2)30-16-8-6-5-7-9-16/h5-12,14H,4,13H2,1-3H3. The second-order valence-electron chi connectivity index (χ2n) is 6.47. The van der Waals surface area contributed by atoms with Crippen LogP contribution in [-0.2, 0) is 25.6 Å². The molecule has 0 fully saturated rings. The van der Waals surface area contributed by atoms with Gasteiger partial charge >= 0.3 is 11.9 Å². The number of rotatable bonds is 7. The van der Waals surface area contributed by atoms with Crippen LogP contribution >= 0.6 is 11.3 Å². The van der Waals surface area contributed by atoms with Crippen LogP contribution < -0.4 is 9.54 Å². The molecule has 0 aliphatic carbocycles. The van der Waals surface area contributed by atoms with Crippen LogP contribution in [-0.4, -0.2) is 42.2 Å². The van der Waals surface area contributed by atoms with E-state index in [4.69, 9.17) is 14.2 Å². The van der Waals surface area contributed by atoms with Crippen molar-refractivity contribution >= 4 is 39.4 Å². The Hall–Kier alpha value is -3.46. The molecule has 0 bridgehead atoms. The fraction of sp³-hybridized carbons (Fsp3) is 0.273. The van der Waals surface area contributed by atoms with Gasteiger partial charge in [-0.1, -0.05) is 29.5 Å². The van der Waals surface area contributed by atoms with Gasteiger partial charge in [0.2, 0.25) is 0 Å². The number of benzene rings is 2. The number of carbonyl (C=O) groups is 3. The van der Waals surface area contributed by atoms with Crippen molar-refractivity contribution in [3.8, 4) is 5.75 Å². The van der Waals surface area contributed by atoms with Crippen LogP contribution in [0.1, 0.15) is 24.2 Å². The molecule has 8 nitrogen and oxygen atoms in total. The zero-order valence-corrected chi connectivity index (χ0v) is 18.2. The molecule has 0 saturated carbocycles. The fourth-order valence-electron chi connectivity index (χ4n) is 2.79. The predicted octanol–water partition coefficient (Wildman–Crippen LogP) is 2.95. The molecule has 9 heteroatoms. The number of carbonyl (C=O) groups excluding carboxylic acids is 3. The van der Waals surface area contributed by atoms with Crippen LogP contribution in [0, 0.1) is 0 Å². The van der Waals surface area contributed by atoms with Gasteiger partial charge in [0, 0.05) is 0 Å². The number of aromatic nitrogens is 1. The monoisotopic (exact) mass is 442 g/mol. The van der Waals surface area contributed by atoms with Crippen molar-refractivity contribution in [1.29, 1.82) is 0 Å². The van der Waals surface area contributed by atoms with Crippen molar-refractivity contribution < 1.29 is 28.6 Å². The number of hydrogen-bond acceptors (Lipinski definition) is 7. The Kier molecular flexibility index (Phi) is 7.19. The lowest BCUT2D eigenvalue weighted by atomic mass is 10.2. The summed E-state index contributed by atoms with van der Waals surface area (Å²) in [6, 6.07) is 13.9. The Morgan fingerprint density at radius 2 is 1.87 bits per heavy atom. The largest absolute Gasteiger partial charge is 0.481 e. The first-order valence-electron chi connectivity index (χ1n) is 9.60. The second-order valence-corrected chi connectivity index (χ2v) is 7.48. The summed E-state index contributed by atoms with van der Waals surface area (Å²) in [5.41, 5.74) is 1.02. The van der Waals surface area contributed by atoms with Crippen LogP contribution in [0.3, 0.4) is 0 Å². The molecule has 1 heterocycles. The summed E-state index contributed by atoms with van der Waals surface area (Å²) < 4.78 is 17.7. The van der Waals surface area contributed by atoms with Crippen LogP contribution in [0.4, 0.5) is 0 Å². The number of fused-ring (bicyclic) bond motifs is 1. The lowest BCUT2D eigenvalue weighted by molar-refractivity contribution is -0.141. The van der Waals surface area contributed by atoms with Gasteiger partial charge in [-0.25, -0.2) is 4.79 Å². The quantitative estimate of drug-likeness (QED) is 0.522. The lowest BCUT2D eigenvalue weighted by Crippen LogP contribution is -2.27. The van der Waals surface area contributed by atoms with E-state index < -0.39 is 23.9 Å². The van der Waals surface area contributed by atoms with E-state index in [1.54, 1.807) is 60.9 Å². The van der Waals surface area contributed by atoms with Gasteiger partial charge in [-0.3, -0.25) is 9.59 Å². The van der Waals surface area contributed by atoms with Gasteiger partial charge in [0.1, 0.15) is 12.3 Å². The molecule has 1 atom stereocenters. The molecule has 1 unspecified atom stereocenters. The number of ether oxygens (including phenoxy) is 3. The highest BCUT2D eigenvalue weighted by atomic mass is 32.1. The maximum atomic E-state index is 12.7. The van der Waals surface area contributed by atoms with Crippen molar-refractivity contribution in [3.05, 3.63) is 58.9 Å². The molecule has 3 rings (SSSR count). The first-order valence-corrected chi connectivity index (χ1v) is 10.4. The number of hydrogen-bond donors (Lipinski definition) is 0. The maximum absolute atomic E-state index is 12.7. The Bertz CT molecular complexity index is 1170. The minimum atomic E-state index is -0.825. The molecule has 0 aliphatic rings. The molecule has 31 heavy (non-hydrogen) atoms. The summed E-state index contributed by atoms with van der Waals surface area (Å²) in [5.74, 6) is -0.885. The SMILES string of the molecule is CCOC(=O)c1ccc2c(c1)sc(=NC(=O)C(C)Oc1ccccc1)n2CC(=O)OC. The first kappa shape index (κ1) is 22.2. The van der Waals surface area contributed by atoms with E-state index in [9.17, 15) is 14.4 Å². The normalized spacial score (nSPS) is 12.4. The molecule has 3 aromatic rings. The molecule has 0 radical (unpaired) electrons. The highest BCUT2D eigenvalue weighted by Crippen LogP contribution is 2.20. The summed E-state index contributed by atoms with van der Waals surface area (Å²) in [4.78, 5) is 41.1. The third-order valence-corrected chi connectivity index (χ3v) is 5.36. The Labute approximate surface area is 182 Å². The number of methoxy groups -OCH3 is 1. The van der Waals surface area contributed by atoms with E-state index in [1.165, 1.54) is 18.4 Å². The zero-order valence-electron chi connectivity index (χ0n) is 17.4. The van der Waals surface area contributed by atoms with Gasteiger partial charge in [-0.15, -0.1) is 0 Å². The Morgan fingerprint density at radius 3 is 2.55 bits per heavy atom. The summed E-state index contributed by atoms with van der Waals surface area (Å²) in [6.45, 7) is 3.47. The molecular weight excluding hydrogens is 420 g/mol. The fourth-order valence-corrected chi connectivity index (χ4v) is 3.86. The summed E-state index contributed by atoms with van der Waals surface area (Å²) in [7, 11) is 1.29. The minimum Gasteiger partial charge on any atom is -0.481 e. The Morgan fingerprint density at radius 1 is 1.13 bits per heavy atom. The second kappa shape index (κ2) is 10.0. The number of esters is 2. The van der Waals surface area contributed by atoms with Crippen molar-refractivity contribution in [3.63, 3.8) is 0 Å². The number of thiazole rings is 1. The molecule has 0 saturated heterocycles. The number of para-hydroxylation sites is 1. The molecular formula is C22H22N2O6S. The molecule has 0 spiro atoms. The molecule has 2 aromatic carbocycles. The van der Waals surface area contributed by atoms with Crippen molar-refractivity contribution in [1.82, 2.24) is 4.57 Å². The molecule has 162 valence electrons. The van der Waals surface area contributed by atoms with Crippen molar-refractivity contribution in [2.24, 2.45) is 4.99 Å². The average Bonchev–Trinajstić information content (AvgIpc) is 3.10. The van der Waals surface area contributed by atoms with Gasteiger partial charge in [-0.05, 0) is 44.2 Å². The summed E-state index contributed by atoms with van der Waals surface area (Å²) >= 11 is 1.18. The van der Waals surface area contributed by atoms with Gasteiger partial charge in [0.15, 0.2) is 10.9 Å². The van der Waals surface area contributed by atoms with Crippen LogP contribution in [0.15, 0.2) is 53.5 Å². The van der Waals surface area contributed by atoms with E-state index in [2.05, 4.69) is 4.99 Å². The highest BCUT2D eigenvalue weighted by Gasteiger charge is 2.17. The van der Waals surface area contributed by atoms with Gasteiger partial charge in [-0.2, -0.15) is 4.99 Å². The van der Waals surface area contributed by atoms with E-state index in [0.29, 0.717) is 26.3 Å². The van der Waals surface area contributed by atoms with Crippen LogP contribution in [0.5, 0.6) is 5.75 Å². The van der Waals surface area contributed by atoms with Crippen molar-refractivity contribution in [2.45, 2.75) is 26.5 Å². The van der Waals surface area contributed by atoms with Gasteiger partial charge in [0.25, 0.3) is 5.91 Å². The zero-order chi connectivity index (χ0) is 22.4. The maximum Gasteiger partial charge on any atom is 0.338 e. The third-order valence-electron chi connectivity index (χ3n) is 4.32. The number of amides is 1. The van der Waals surface area contributed by atoms with Gasteiger partial charge in [0.05, 0.1) is 29.5 Å². The highest BCUT2D eigenvalue weighted by molar-refractivity contribution is 7.16. The molecule has 1 aromatic heterocycles. The minimum absolute atomic E-state index is 0.130. The predicted molar refractivity (Wildman–Crippen MR) is 115 cm³/mol. The Balaban J connectivity index is 1.99. The lowest BCUT2D eigenvalue weighted by Gasteiger charge is -2.10. The van der Waals surface area contributed by atoms with Crippen molar-refractivity contribution in [2.75, 3.05) is 13.7 Å². The van der Waals surface area contributed by atoms with E-state index in [0.717, 1.165) is 0 Å². The van der Waals surface area contributed by atoms with Gasteiger partial charge < -0.3 is 18.8 Å². The summed E-state index contributed by atoms with van der Waals surface area (Å²) in [5, 5.41) is 0. The average molecular weight is 442 g/mol. The van der Waals surface area contributed by atoms with E-state index >= 15 is 0 Å². The molecule has 0 aliphatic heterocycles. The third kappa shape index (κ3) is 5.37. The topological polar surface area (TPSA) is 96.2 Å². The molecule has 0 N–H and O–H groups in total. The smallest absolute Gasteiger partial charge is 0.338 e. The van der Waals surface area contributed by atoms with Crippen LogP contribution in [0.2, 0.25) is 0 Å². The number of nitrogens with zero attached hydrogens (tertiary/aromatic N) is 2. The summed E-state index contributed by atoms with van der Waals surface area (Å²) in [6.07, 6.45) is -0.825. The van der Waals surface area contributed by atoms with Crippen LogP contribution in [0.25, 0.3) is 10.2 Å².